The lowest BCUT2D eigenvalue weighted by atomic mass is 10.0. The van der Waals surface area contributed by atoms with Gasteiger partial charge in [-0.05, 0) is 57.8 Å². The zero-order valence-electron chi connectivity index (χ0n) is 45.4. The summed E-state index contributed by atoms with van der Waals surface area (Å²) < 4.78 is 22.6. The fourth-order valence-corrected chi connectivity index (χ4v) is 7.92. The Labute approximate surface area is 425 Å². The molecule has 9 nitrogen and oxygen atoms in total. The van der Waals surface area contributed by atoms with Gasteiger partial charge in [0, 0.05) is 12.8 Å². The Morgan fingerprint density at radius 3 is 1.23 bits per heavy atom. The van der Waals surface area contributed by atoms with Crippen LogP contribution in [0.4, 0.5) is 0 Å². The summed E-state index contributed by atoms with van der Waals surface area (Å²) in [5, 5.41) is 11.8. The van der Waals surface area contributed by atoms with Crippen LogP contribution in [0.25, 0.3) is 0 Å². The van der Waals surface area contributed by atoms with E-state index >= 15 is 0 Å². The van der Waals surface area contributed by atoms with Gasteiger partial charge < -0.3 is 33.3 Å². The highest BCUT2D eigenvalue weighted by atomic mass is 16.7. The molecule has 0 bridgehead atoms. The number of quaternary nitrogens is 1. The fourth-order valence-electron chi connectivity index (χ4n) is 7.92. The number of allylic oxidation sites excluding steroid dienone is 10. The molecule has 0 aliphatic carbocycles. The summed E-state index contributed by atoms with van der Waals surface area (Å²) in [6, 6.07) is 0. The lowest BCUT2D eigenvalue weighted by Gasteiger charge is -2.26. The van der Waals surface area contributed by atoms with Gasteiger partial charge in [0.25, 0.3) is 0 Å². The Hall–Kier alpha value is -3.01. The monoisotopic (exact) mass is 970 g/mol. The third kappa shape index (κ3) is 52.6. The number of ether oxygens (including phenoxy) is 4. The van der Waals surface area contributed by atoms with Gasteiger partial charge in [-0.15, -0.1) is 0 Å². The van der Waals surface area contributed by atoms with Crippen molar-refractivity contribution in [3.8, 4) is 0 Å². The largest absolute Gasteiger partial charge is 0.545 e. The van der Waals surface area contributed by atoms with Crippen LogP contribution >= 0.6 is 0 Å². The maximum Gasteiger partial charge on any atom is 0.306 e. The smallest absolute Gasteiger partial charge is 0.306 e. The summed E-state index contributed by atoms with van der Waals surface area (Å²) in [5.41, 5.74) is 0. The third-order valence-corrected chi connectivity index (χ3v) is 12.3. The molecule has 2 unspecified atom stereocenters. The second-order valence-corrected chi connectivity index (χ2v) is 20.2. The number of hydrogen-bond acceptors (Lipinski definition) is 8. The maximum absolute atomic E-state index is 12.8. The normalized spacial score (nSPS) is 13.2. The molecule has 0 aliphatic heterocycles. The predicted molar refractivity (Wildman–Crippen MR) is 288 cm³/mol. The molecule has 69 heavy (non-hydrogen) atoms. The molecule has 9 heteroatoms. The van der Waals surface area contributed by atoms with E-state index in [4.69, 9.17) is 18.9 Å². The first-order valence-corrected chi connectivity index (χ1v) is 28.4. The van der Waals surface area contributed by atoms with Crippen LogP contribution in [0.5, 0.6) is 0 Å². The summed E-state index contributed by atoms with van der Waals surface area (Å²) in [7, 11) is 5.91. The molecular weight excluding hydrogens is 863 g/mol. The fraction of sp³-hybridized carbons (Fsp3) is 0.783. The van der Waals surface area contributed by atoms with E-state index in [2.05, 4.69) is 74.6 Å². The highest BCUT2D eigenvalue weighted by Crippen LogP contribution is 2.17. The molecule has 0 fully saturated rings. The average Bonchev–Trinajstić information content (AvgIpc) is 3.31. The molecule has 0 saturated carbocycles. The lowest BCUT2D eigenvalue weighted by molar-refractivity contribution is -0.870. The molecule has 0 spiro atoms. The van der Waals surface area contributed by atoms with Gasteiger partial charge >= 0.3 is 11.9 Å². The van der Waals surface area contributed by atoms with Crippen LogP contribution in [0.15, 0.2) is 60.8 Å². The van der Waals surface area contributed by atoms with Crippen LogP contribution in [-0.4, -0.2) is 82.3 Å². The maximum atomic E-state index is 12.8. The molecule has 0 aromatic rings. The van der Waals surface area contributed by atoms with Crippen molar-refractivity contribution in [2.75, 3.05) is 47.5 Å². The molecule has 0 amide bonds. The number of carboxylic acids is 1. The quantitative estimate of drug-likeness (QED) is 0.0195. The van der Waals surface area contributed by atoms with Crippen LogP contribution in [0.1, 0.15) is 245 Å². The first-order chi connectivity index (χ1) is 33.6. The third-order valence-electron chi connectivity index (χ3n) is 12.3. The van der Waals surface area contributed by atoms with Crippen LogP contribution in [0, 0.1) is 0 Å². The van der Waals surface area contributed by atoms with E-state index in [0.29, 0.717) is 17.4 Å². The number of carboxylic acid groups (broad SMARTS) is 1. The van der Waals surface area contributed by atoms with Crippen molar-refractivity contribution in [1.29, 1.82) is 0 Å². The van der Waals surface area contributed by atoms with Crippen molar-refractivity contribution < 1.29 is 42.9 Å². The zero-order chi connectivity index (χ0) is 50.6. The number of unbranched alkanes of at least 4 members (excludes halogenated alkanes) is 27. The van der Waals surface area contributed by atoms with E-state index in [9.17, 15) is 19.5 Å². The predicted octanol–water partition coefficient (Wildman–Crippen LogP) is 15.1. The van der Waals surface area contributed by atoms with Crippen LogP contribution in [-0.2, 0) is 33.3 Å². The second kappa shape index (κ2) is 51.3. The number of carbonyl (C=O) groups excluding carboxylic acids is 3. The van der Waals surface area contributed by atoms with Crippen molar-refractivity contribution in [1.82, 2.24) is 0 Å². The minimum Gasteiger partial charge on any atom is -0.545 e. The zero-order valence-corrected chi connectivity index (χ0v) is 45.4. The molecule has 0 saturated heterocycles. The molecule has 400 valence electrons. The van der Waals surface area contributed by atoms with Gasteiger partial charge in [-0.25, -0.2) is 0 Å². The average molecular weight is 971 g/mol. The molecule has 0 aliphatic rings. The van der Waals surface area contributed by atoms with Crippen LogP contribution in [0.2, 0.25) is 0 Å². The highest BCUT2D eigenvalue weighted by molar-refractivity contribution is 5.70. The highest BCUT2D eigenvalue weighted by Gasteiger charge is 2.22. The Bertz CT molecular complexity index is 1310. The molecule has 0 rings (SSSR count). The Morgan fingerprint density at radius 1 is 0.449 bits per heavy atom. The van der Waals surface area contributed by atoms with Crippen molar-refractivity contribution in [2.45, 2.75) is 257 Å². The standard InChI is InChI=1S/C60H107NO8/c1-6-8-10-12-14-16-18-20-22-24-26-27-28-29-30-31-33-34-36-38-40-42-44-46-48-50-57(62)67-54-56(55-68-60(59(64)65)66-53-52-61(3,4)5)69-58(63)51-49-47-45-43-41-39-37-35-32-25-23-21-19-17-15-13-11-9-7-2/h9,11,15,17,21,23,32,35,39,41,56,60H,6-8,10,12-14,16,18-20,22,24-31,33-34,36-38,40,42-55H2,1-5H3/b11-9-,17-15-,23-21-,35-32-,41-39-. The van der Waals surface area contributed by atoms with Crippen molar-refractivity contribution >= 4 is 17.9 Å². The van der Waals surface area contributed by atoms with Gasteiger partial charge in [0.1, 0.15) is 13.2 Å². The Kier molecular flexibility index (Phi) is 49.1. The number of carbonyl (C=O) groups is 3. The van der Waals surface area contributed by atoms with Crippen molar-refractivity contribution in [2.24, 2.45) is 0 Å². The number of rotatable bonds is 52. The summed E-state index contributed by atoms with van der Waals surface area (Å²) in [6.45, 7) is 4.62. The minimum atomic E-state index is -1.63. The first-order valence-electron chi connectivity index (χ1n) is 28.4. The van der Waals surface area contributed by atoms with Gasteiger partial charge in [-0.1, -0.05) is 235 Å². The van der Waals surface area contributed by atoms with Crippen LogP contribution < -0.4 is 5.11 Å². The summed E-state index contributed by atoms with van der Waals surface area (Å²) in [6.07, 6.45) is 61.3. The first kappa shape index (κ1) is 66.0. The SMILES string of the molecule is CC/C=C\C/C=C\C/C=C\C/C=C\C/C=C\CCCCCC(=O)OC(COC(=O)CCCCCCCCCCCCCCCCCCCCCCCCCCC)COC(OCC[N+](C)(C)C)C(=O)[O-]. The van der Waals surface area contributed by atoms with Gasteiger partial charge in [0.2, 0.25) is 0 Å². The van der Waals surface area contributed by atoms with E-state index in [1.54, 1.807) is 0 Å². The van der Waals surface area contributed by atoms with E-state index in [1.807, 2.05) is 21.1 Å². The van der Waals surface area contributed by atoms with E-state index < -0.39 is 24.3 Å². The van der Waals surface area contributed by atoms with E-state index in [0.717, 1.165) is 70.6 Å². The number of aliphatic carboxylic acids is 1. The van der Waals surface area contributed by atoms with Crippen molar-refractivity contribution in [3.63, 3.8) is 0 Å². The lowest BCUT2D eigenvalue weighted by Crippen LogP contribution is -2.44. The molecule has 0 heterocycles. The van der Waals surface area contributed by atoms with Gasteiger partial charge in [0.15, 0.2) is 12.4 Å². The number of nitrogens with zero attached hydrogens (tertiary/aromatic N) is 1. The van der Waals surface area contributed by atoms with Gasteiger partial charge in [-0.2, -0.15) is 0 Å². The second-order valence-electron chi connectivity index (χ2n) is 20.2. The topological polar surface area (TPSA) is 111 Å². The molecular formula is C60H107NO8. The molecule has 0 N–H and O–H groups in total. The van der Waals surface area contributed by atoms with E-state index in [1.165, 1.54) is 141 Å². The molecule has 0 radical (unpaired) electrons. The van der Waals surface area contributed by atoms with Crippen molar-refractivity contribution in [3.05, 3.63) is 60.8 Å². The van der Waals surface area contributed by atoms with Crippen LogP contribution in [0.3, 0.4) is 0 Å². The Balaban J connectivity index is 4.26. The van der Waals surface area contributed by atoms with E-state index in [-0.39, 0.29) is 38.6 Å². The summed E-state index contributed by atoms with van der Waals surface area (Å²) in [4.78, 5) is 37.2. The minimum absolute atomic E-state index is 0.140. The summed E-state index contributed by atoms with van der Waals surface area (Å²) >= 11 is 0. The van der Waals surface area contributed by atoms with Gasteiger partial charge in [-0.3, -0.25) is 9.59 Å². The van der Waals surface area contributed by atoms with Gasteiger partial charge in [0.05, 0.1) is 40.3 Å². The number of esters is 2. The molecule has 2 atom stereocenters. The Morgan fingerprint density at radius 2 is 0.826 bits per heavy atom. The number of hydrogen-bond donors (Lipinski definition) is 0. The molecule has 0 aromatic heterocycles. The molecule has 0 aromatic carbocycles. The number of likely N-dealkylation sites (N-methyl/N-ethyl adjacent to an activating group) is 1. The summed E-state index contributed by atoms with van der Waals surface area (Å²) in [5.74, 6) is -2.32.